The minimum absolute atomic E-state index is 0.00368. The quantitative estimate of drug-likeness (QED) is 0.542. The van der Waals surface area contributed by atoms with E-state index in [1.807, 2.05) is 6.92 Å². The SMILES string of the molecule is CCOc1ccc(S(=O)(=O)NCC(=O)NCCN)cc1OCC. The molecular formula is C14H23N3O5S. The Morgan fingerprint density at radius 3 is 2.43 bits per heavy atom. The third-order valence-electron chi connectivity index (χ3n) is 2.71. The largest absolute Gasteiger partial charge is 0.490 e. The summed E-state index contributed by atoms with van der Waals surface area (Å²) in [6.07, 6.45) is 0. The molecule has 23 heavy (non-hydrogen) atoms. The van der Waals surface area contributed by atoms with Crippen LogP contribution in [0.25, 0.3) is 0 Å². The van der Waals surface area contributed by atoms with Gasteiger partial charge in [0.05, 0.1) is 24.7 Å². The van der Waals surface area contributed by atoms with Gasteiger partial charge >= 0.3 is 0 Å². The first kappa shape index (κ1) is 19.2. The first-order chi connectivity index (χ1) is 10.9. The second-order valence-corrected chi connectivity index (χ2v) is 6.20. The molecule has 0 radical (unpaired) electrons. The molecule has 0 fully saturated rings. The Labute approximate surface area is 136 Å². The number of benzene rings is 1. The summed E-state index contributed by atoms with van der Waals surface area (Å²) in [5.41, 5.74) is 5.25. The van der Waals surface area contributed by atoms with Gasteiger partial charge in [-0.15, -0.1) is 0 Å². The van der Waals surface area contributed by atoms with E-state index < -0.39 is 15.9 Å². The highest BCUT2D eigenvalue weighted by Crippen LogP contribution is 2.30. The van der Waals surface area contributed by atoms with Crippen molar-refractivity contribution >= 4 is 15.9 Å². The Bertz CT molecular complexity index is 619. The zero-order valence-corrected chi connectivity index (χ0v) is 14.1. The van der Waals surface area contributed by atoms with E-state index >= 15 is 0 Å². The summed E-state index contributed by atoms with van der Waals surface area (Å²) < 4.78 is 37.5. The van der Waals surface area contributed by atoms with Gasteiger partial charge < -0.3 is 20.5 Å². The first-order valence-corrected chi connectivity index (χ1v) is 8.79. The molecule has 0 aliphatic heterocycles. The van der Waals surface area contributed by atoms with Gasteiger partial charge in [0.1, 0.15) is 0 Å². The molecule has 1 aromatic carbocycles. The number of rotatable bonds is 10. The molecule has 0 aliphatic rings. The van der Waals surface area contributed by atoms with Gasteiger partial charge in [-0.25, -0.2) is 13.1 Å². The van der Waals surface area contributed by atoms with Gasteiger partial charge in [-0.3, -0.25) is 4.79 Å². The number of amides is 1. The van der Waals surface area contributed by atoms with Gasteiger partial charge in [0.15, 0.2) is 11.5 Å². The van der Waals surface area contributed by atoms with E-state index in [1.165, 1.54) is 18.2 Å². The summed E-state index contributed by atoms with van der Waals surface area (Å²) in [6, 6.07) is 4.29. The second-order valence-electron chi connectivity index (χ2n) is 4.44. The number of hydrogen-bond donors (Lipinski definition) is 3. The van der Waals surface area contributed by atoms with Gasteiger partial charge in [0, 0.05) is 19.2 Å². The van der Waals surface area contributed by atoms with E-state index in [2.05, 4.69) is 10.0 Å². The highest BCUT2D eigenvalue weighted by Gasteiger charge is 2.18. The lowest BCUT2D eigenvalue weighted by molar-refractivity contribution is -0.119. The zero-order chi connectivity index (χ0) is 17.3. The van der Waals surface area contributed by atoms with Crippen molar-refractivity contribution in [3.8, 4) is 11.5 Å². The lowest BCUT2D eigenvalue weighted by Gasteiger charge is -2.13. The second kappa shape index (κ2) is 9.33. The van der Waals surface area contributed by atoms with Crippen molar-refractivity contribution in [3.05, 3.63) is 18.2 Å². The van der Waals surface area contributed by atoms with Crippen molar-refractivity contribution in [2.45, 2.75) is 18.7 Å². The Morgan fingerprint density at radius 1 is 1.17 bits per heavy atom. The van der Waals surface area contributed by atoms with E-state index in [4.69, 9.17) is 15.2 Å². The van der Waals surface area contributed by atoms with Crippen molar-refractivity contribution in [2.75, 3.05) is 32.8 Å². The third kappa shape index (κ3) is 6.05. The van der Waals surface area contributed by atoms with Gasteiger partial charge in [0.25, 0.3) is 0 Å². The summed E-state index contributed by atoms with van der Waals surface area (Å²) in [5, 5.41) is 2.48. The maximum absolute atomic E-state index is 12.2. The highest BCUT2D eigenvalue weighted by atomic mass is 32.2. The van der Waals surface area contributed by atoms with Crippen LogP contribution in [0.4, 0.5) is 0 Å². The fourth-order valence-electron chi connectivity index (χ4n) is 1.72. The van der Waals surface area contributed by atoms with Crippen molar-refractivity contribution in [3.63, 3.8) is 0 Å². The molecule has 0 unspecified atom stereocenters. The molecule has 0 aliphatic carbocycles. The molecule has 1 rings (SSSR count). The number of nitrogens with one attached hydrogen (secondary N) is 2. The first-order valence-electron chi connectivity index (χ1n) is 7.30. The molecule has 0 heterocycles. The summed E-state index contributed by atoms with van der Waals surface area (Å²) in [6.45, 7) is 4.63. The zero-order valence-electron chi connectivity index (χ0n) is 13.3. The van der Waals surface area contributed by atoms with Crippen LogP contribution in [0.15, 0.2) is 23.1 Å². The lowest BCUT2D eigenvalue weighted by atomic mass is 10.3. The van der Waals surface area contributed by atoms with E-state index in [1.54, 1.807) is 6.92 Å². The molecule has 1 amide bonds. The summed E-state index contributed by atoms with van der Waals surface area (Å²) in [5.74, 6) is 0.355. The van der Waals surface area contributed by atoms with Gasteiger partial charge in [-0.05, 0) is 26.0 Å². The Morgan fingerprint density at radius 2 is 1.83 bits per heavy atom. The minimum Gasteiger partial charge on any atom is -0.490 e. The average molecular weight is 345 g/mol. The summed E-state index contributed by atoms with van der Waals surface area (Å²) in [7, 11) is -3.83. The van der Waals surface area contributed by atoms with Crippen molar-refractivity contribution in [2.24, 2.45) is 5.73 Å². The van der Waals surface area contributed by atoms with Crippen LogP contribution in [-0.2, 0) is 14.8 Å². The number of carbonyl (C=O) groups is 1. The molecule has 4 N–H and O–H groups in total. The van der Waals surface area contributed by atoms with Crippen LogP contribution in [0.1, 0.15) is 13.8 Å². The molecule has 0 bridgehead atoms. The maximum Gasteiger partial charge on any atom is 0.241 e. The standard InChI is InChI=1S/C14H23N3O5S/c1-3-21-12-6-5-11(9-13(12)22-4-2)23(19,20)17-10-14(18)16-8-7-15/h5-6,9,17H,3-4,7-8,10,15H2,1-2H3,(H,16,18). The molecule has 0 aromatic heterocycles. The fraction of sp³-hybridized carbons (Fsp3) is 0.500. The monoisotopic (exact) mass is 345 g/mol. The van der Waals surface area contributed by atoms with Crippen molar-refractivity contribution in [1.82, 2.24) is 10.0 Å². The molecular weight excluding hydrogens is 322 g/mol. The molecule has 0 atom stereocenters. The predicted octanol–water partition coefficient (Wildman–Crippen LogP) is -0.163. The van der Waals surface area contributed by atoms with Crippen LogP contribution < -0.4 is 25.2 Å². The van der Waals surface area contributed by atoms with Crippen LogP contribution in [0.5, 0.6) is 11.5 Å². The van der Waals surface area contributed by atoms with Gasteiger partial charge in [-0.1, -0.05) is 0 Å². The Kier molecular flexibility index (Phi) is 7.79. The average Bonchev–Trinajstić information content (AvgIpc) is 2.53. The van der Waals surface area contributed by atoms with Gasteiger partial charge in [0.2, 0.25) is 15.9 Å². The lowest BCUT2D eigenvalue weighted by Crippen LogP contribution is -2.38. The van der Waals surface area contributed by atoms with Crippen LogP contribution in [0, 0.1) is 0 Å². The Balaban J connectivity index is 2.86. The number of nitrogens with two attached hydrogens (primary N) is 1. The smallest absolute Gasteiger partial charge is 0.241 e. The normalized spacial score (nSPS) is 11.1. The molecule has 1 aromatic rings. The molecule has 8 nitrogen and oxygen atoms in total. The van der Waals surface area contributed by atoms with Crippen molar-refractivity contribution < 1.29 is 22.7 Å². The van der Waals surface area contributed by atoms with Gasteiger partial charge in [-0.2, -0.15) is 0 Å². The molecule has 130 valence electrons. The summed E-state index contributed by atoms with van der Waals surface area (Å²) in [4.78, 5) is 11.4. The Hall–Kier alpha value is -1.84. The third-order valence-corrected chi connectivity index (χ3v) is 4.11. The van der Waals surface area contributed by atoms with E-state index in [9.17, 15) is 13.2 Å². The van der Waals surface area contributed by atoms with Crippen LogP contribution in [-0.4, -0.2) is 47.2 Å². The number of sulfonamides is 1. The van der Waals surface area contributed by atoms with Crippen LogP contribution >= 0.6 is 0 Å². The van der Waals surface area contributed by atoms with E-state index in [0.717, 1.165) is 0 Å². The number of ether oxygens (including phenoxy) is 2. The number of hydrogen-bond acceptors (Lipinski definition) is 6. The van der Waals surface area contributed by atoms with Crippen LogP contribution in [0.2, 0.25) is 0 Å². The highest BCUT2D eigenvalue weighted by molar-refractivity contribution is 7.89. The van der Waals surface area contributed by atoms with Crippen molar-refractivity contribution in [1.29, 1.82) is 0 Å². The molecule has 0 saturated carbocycles. The minimum atomic E-state index is -3.83. The molecule has 9 heteroatoms. The summed E-state index contributed by atoms with van der Waals surface area (Å²) >= 11 is 0. The topological polar surface area (TPSA) is 120 Å². The van der Waals surface area contributed by atoms with Crippen LogP contribution in [0.3, 0.4) is 0 Å². The number of carbonyl (C=O) groups excluding carboxylic acids is 1. The predicted molar refractivity (Wildman–Crippen MR) is 86.0 cm³/mol. The molecule has 0 spiro atoms. The molecule has 0 saturated heterocycles. The maximum atomic E-state index is 12.2. The fourth-order valence-corrected chi connectivity index (χ4v) is 2.71. The van der Waals surface area contributed by atoms with E-state index in [-0.39, 0.29) is 24.5 Å². The van der Waals surface area contributed by atoms with E-state index in [0.29, 0.717) is 24.7 Å².